The fourth-order valence-corrected chi connectivity index (χ4v) is 5.67. The van der Waals surface area contributed by atoms with E-state index in [1.165, 1.54) is 17.4 Å². The molecule has 5 rings (SSSR count). The Hall–Kier alpha value is -3.25. The minimum absolute atomic E-state index is 0.0986. The molecule has 1 atom stereocenters. The Bertz CT molecular complexity index is 1450. The van der Waals surface area contributed by atoms with Gasteiger partial charge in [0.25, 0.3) is 5.56 Å². The molecule has 0 aliphatic carbocycles. The van der Waals surface area contributed by atoms with E-state index in [-0.39, 0.29) is 5.92 Å². The molecule has 1 saturated heterocycles. The molecule has 0 spiro atoms. The number of oxime groups is 1. The van der Waals surface area contributed by atoms with Crippen molar-refractivity contribution in [3.05, 3.63) is 84.9 Å². The summed E-state index contributed by atoms with van der Waals surface area (Å²) < 4.78 is 54.0. The summed E-state index contributed by atoms with van der Waals surface area (Å²) in [6, 6.07) is 5.92. The number of hydrogen-bond donors (Lipinski definition) is 0. The summed E-state index contributed by atoms with van der Waals surface area (Å²) in [4.78, 5) is 36.4. The number of rotatable bonds is 5. The van der Waals surface area contributed by atoms with Crippen molar-refractivity contribution >= 4 is 34.6 Å². The minimum atomic E-state index is -4.60. The van der Waals surface area contributed by atoms with E-state index < -0.39 is 41.7 Å². The second-order valence-corrected chi connectivity index (χ2v) is 10.4. The van der Waals surface area contributed by atoms with Gasteiger partial charge in [-0.05, 0) is 31.0 Å². The summed E-state index contributed by atoms with van der Waals surface area (Å²) in [5, 5.41) is 7.15. The molecule has 2 aliphatic rings. The number of pyridine rings is 1. The molecule has 4 heterocycles. The van der Waals surface area contributed by atoms with Crippen LogP contribution in [0.2, 0.25) is 5.02 Å². The van der Waals surface area contributed by atoms with Gasteiger partial charge in [-0.2, -0.15) is 13.2 Å². The van der Waals surface area contributed by atoms with E-state index in [0.717, 1.165) is 15.6 Å². The first-order valence-electron chi connectivity index (χ1n) is 11.8. The third-order valence-corrected chi connectivity index (χ3v) is 7.85. The van der Waals surface area contributed by atoms with Crippen molar-refractivity contribution in [2.75, 3.05) is 13.1 Å². The highest BCUT2D eigenvalue weighted by molar-refractivity contribution is 7.10. The van der Waals surface area contributed by atoms with Crippen molar-refractivity contribution in [1.82, 2.24) is 14.5 Å². The highest BCUT2D eigenvalue weighted by Crippen LogP contribution is 2.35. The lowest BCUT2D eigenvalue weighted by Crippen LogP contribution is -2.41. The number of halogens is 5. The van der Waals surface area contributed by atoms with Gasteiger partial charge in [-0.3, -0.25) is 9.59 Å². The molecule has 2 aromatic heterocycles. The van der Waals surface area contributed by atoms with Crippen molar-refractivity contribution in [2.45, 2.75) is 44.0 Å². The summed E-state index contributed by atoms with van der Waals surface area (Å²) in [7, 11) is 0. The maximum Gasteiger partial charge on any atom is 0.417 e. The average molecular weight is 569 g/mol. The third kappa shape index (κ3) is 5.60. The van der Waals surface area contributed by atoms with Crippen molar-refractivity contribution in [3.8, 4) is 0 Å². The predicted octanol–water partition coefficient (Wildman–Crippen LogP) is 5.39. The number of carbonyl (C=O) groups excluding carboxylic acids is 1. The van der Waals surface area contributed by atoms with E-state index in [4.69, 9.17) is 21.4 Å². The maximum absolute atomic E-state index is 14.3. The lowest BCUT2D eigenvalue weighted by molar-refractivity contribution is -0.139. The molecule has 13 heteroatoms. The highest BCUT2D eigenvalue weighted by atomic mass is 35.5. The van der Waals surface area contributed by atoms with Crippen LogP contribution in [0.15, 0.2) is 51.9 Å². The molecular formula is C25H21ClF4N4O3S. The van der Waals surface area contributed by atoms with Gasteiger partial charge in [0.15, 0.2) is 6.10 Å². The summed E-state index contributed by atoms with van der Waals surface area (Å²) in [5.41, 5.74) is -0.00945. The molecule has 0 bridgehead atoms. The minimum Gasteiger partial charge on any atom is -0.387 e. The molecule has 3 aromatic rings. The van der Waals surface area contributed by atoms with Crippen LogP contribution >= 0.6 is 22.9 Å². The monoisotopic (exact) mass is 568 g/mol. The largest absolute Gasteiger partial charge is 0.417 e. The lowest BCUT2D eigenvalue weighted by Gasteiger charge is -2.31. The Balaban J connectivity index is 1.17. The van der Waals surface area contributed by atoms with Gasteiger partial charge >= 0.3 is 6.18 Å². The van der Waals surface area contributed by atoms with Crippen molar-refractivity contribution in [3.63, 3.8) is 0 Å². The average Bonchev–Trinajstić information content (AvgIpc) is 3.55. The standard InChI is InChI=1S/C25H21ClF4N4O3S/c26-16-2-3-17(18(27)9-16)21-10-19(32-37-21)20-13-38-24(31-20)14-5-7-33(8-6-14)23(36)12-34-11-15(25(28,29)30)1-4-22(34)35/h1-4,9,11,13-14,21H,5-8,10,12H2. The van der Waals surface area contributed by atoms with Crippen LogP contribution in [0.5, 0.6) is 0 Å². The van der Waals surface area contributed by atoms with Gasteiger partial charge in [0.2, 0.25) is 5.91 Å². The zero-order valence-electron chi connectivity index (χ0n) is 19.8. The number of piperidine rings is 1. The first-order chi connectivity index (χ1) is 18.1. The number of likely N-dealkylation sites (tertiary alicyclic amines) is 1. The Morgan fingerprint density at radius 1 is 1.18 bits per heavy atom. The highest BCUT2D eigenvalue weighted by Gasteiger charge is 2.32. The van der Waals surface area contributed by atoms with Gasteiger partial charge in [-0.25, -0.2) is 9.37 Å². The van der Waals surface area contributed by atoms with Gasteiger partial charge in [-0.15, -0.1) is 11.3 Å². The van der Waals surface area contributed by atoms with E-state index in [1.807, 2.05) is 5.38 Å². The molecule has 2 aliphatic heterocycles. The number of nitrogens with zero attached hydrogens (tertiary/aromatic N) is 4. The Morgan fingerprint density at radius 3 is 2.66 bits per heavy atom. The number of benzene rings is 1. The van der Waals surface area contributed by atoms with E-state index in [2.05, 4.69) is 5.16 Å². The predicted molar refractivity (Wildman–Crippen MR) is 133 cm³/mol. The van der Waals surface area contributed by atoms with Crippen molar-refractivity contribution < 1.29 is 27.2 Å². The maximum atomic E-state index is 14.3. The second-order valence-electron chi connectivity index (χ2n) is 9.11. The SMILES string of the molecule is O=C(Cn1cc(C(F)(F)F)ccc1=O)N1CCC(c2nc(C3=NOC(c4ccc(Cl)cc4F)C3)cs2)CC1. The van der Waals surface area contributed by atoms with E-state index in [1.54, 1.807) is 17.0 Å². The number of aromatic nitrogens is 2. The van der Waals surface area contributed by atoms with Crippen molar-refractivity contribution in [1.29, 1.82) is 0 Å². The Labute approximate surface area is 223 Å². The fraction of sp³-hybridized carbons (Fsp3) is 0.360. The van der Waals surface area contributed by atoms with E-state index in [0.29, 0.717) is 66.6 Å². The summed E-state index contributed by atoms with van der Waals surface area (Å²) in [6.45, 7) is 0.340. The first-order valence-corrected chi connectivity index (χ1v) is 13.0. The zero-order valence-corrected chi connectivity index (χ0v) is 21.3. The molecule has 1 unspecified atom stereocenters. The number of carbonyl (C=O) groups is 1. The molecule has 0 radical (unpaired) electrons. The summed E-state index contributed by atoms with van der Waals surface area (Å²) in [5.74, 6) is -0.777. The number of hydrogen-bond acceptors (Lipinski definition) is 6. The number of thiazole rings is 1. The Morgan fingerprint density at radius 2 is 1.95 bits per heavy atom. The van der Waals surface area contributed by atoms with Crippen LogP contribution in [0.4, 0.5) is 17.6 Å². The van der Waals surface area contributed by atoms with Gasteiger partial charge in [0.05, 0.1) is 16.3 Å². The van der Waals surface area contributed by atoms with Crippen molar-refractivity contribution in [2.24, 2.45) is 5.16 Å². The zero-order chi connectivity index (χ0) is 27.0. The summed E-state index contributed by atoms with van der Waals surface area (Å²) in [6.07, 6.45) is -2.89. The topological polar surface area (TPSA) is 76.8 Å². The molecule has 1 aromatic carbocycles. The molecular weight excluding hydrogens is 548 g/mol. The summed E-state index contributed by atoms with van der Waals surface area (Å²) >= 11 is 7.29. The molecule has 7 nitrogen and oxygen atoms in total. The van der Waals surface area contributed by atoms with Gasteiger partial charge in [0.1, 0.15) is 18.1 Å². The lowest BCUT2D eigenvalue weighted by atomic mass is 9.97. The number of amides is 1. The smallest absolute Gasteiger partial charge is 0.387 e. The molecule has 38 heavy (non-hydrogen) atoms. The molecule has 0 saturated carbocycles. The van der Waals surface area contributed by atoms with Crippen LogP contribution in [-0.2, 0) is 22.4 Å². The molecule has 1 amide bonds. The first kappa shape index (κ1) is 26.4. The molecule has 0 N–H and O–H groups in total. The van der Waals surface area contributed by atoms with Crippen LogP contribution in [0, 0.1) is 5.82 Å². The van der Waals surface area contributed by atoms with E-state index >= 15 is 0 Å². The molecule has 200 valence electrons. The van der Waals surface area contributed by atoms with Gasteiger partial charge in [0, 0.05) is 53.7 Å². The van der Waals surface area contributed by atoms with Crippen LogP contribution in [0.25, 0.3) is 0 Å². The van der Waals surface area contributed by atoms with Crippen LogP contribution in [0.3, 0.4) is 0 Å². The van der Waals surface area contributed by atoms with Crippen LogP contribution < -0.4 is 5.56 Å². The molecule has 1 fully saturated rings. The quantitative estimate of drug-likeness (QED) is 0.387. The van der Waals surface area contributed by atoms with E-state index in [9.17, 15) is 27.2 Å². The van der Waals surface area contributed by atoms with Gasteiger partial charge < -0.3 is 14.3 Å². The van der Waals surface area contributed by atoms with Gasteiger partial charge in [-0.1, -0.05) is 22.8 Å². The Kier molecular flexibility index (Phi) is 7.28. The van der Waals surface area contributed by atoms with Crippen LogP contribution in [0.1, 0.15) is 53.1 Å². The second kappa shape index (κ2) is 10.5. The fourth-order valence-electron chi connectivity index (χ4n) is 4.51. The third-order valence-electron chi connectivity index (χ3n) is 6.61. The number of alkyl halides is 3. The normalized spacial score (nSPS) is 18.4. The van der Waals surface area contributed by atoms with Crippen LogP contribution in [-0.4, -0.2) is 39.2 Å².